The van der Waals surface area contributed by atoms with E-state index in [4.69, 9.17) is 16.3 Å². The van der Waals surface area contributed by atoms with Gasteiger partial charge in [-0.3, -0.25) is 14.9 Å². The zero-order chi connectivity index (χ0) is 14.9. The molecule has 1 amide bonds. The molecular weight excluding hydrogens is 286 g/mol. The van der Waals surface area contributed by atoms with Crippen molar-refractivity contribution in [3.63, 3.8) is 0 Å². The van der Waals surface area contributed by atoms with Crippen LogP contribution in [0.15, 0.2) is 12.3 Å². The second kappa shape index (κ2) is 5.34. The van der Waals surface area contributed by atoms with E-state index in [1.807, 2.05) is 13.8 Å². The van der Waals surface area contributed by atoms with Crippen molar-refractivity contribution in [3.8, 4) is 0 Å². The van der Waals surface area contributed by atoms with Gasteiger partial charge >= 0.3 is 5.69 Å². The highest BCUT2D eigenvalue weighted by Crippen LogP contribution is 2.29. The van der Waals surface area contributed by atoms with Crippen molar-refractivity contribution < 1.29 is 14.5 Å². The lowest BCUT2D eigenvalue weighted by Gasteiger charge is -2.42. The van der Waals surface area contributed by atoms with Gasteiger partial charge < -0.3 is 9.64 Å². The molecule has 0 unspecified atom stereocenters. The molecular formula is C12H14ClN3O4. The molecule has 0 spiro atoms. The molecule has 0 aromatic carbocycles. The normalized spacial score (nSPS) is 17.9. The van der Waals surface area contributed by atoms with E-state index in [0.29, 0.717) is 19.8 Å². The van der Waals surface area contributed by atoms with Crippen molar-refractivity contribution in [3.05, 3.63) is 33.1 Å². The van der Waals surface area contributed by atoms with Crippen molar-refractivity contribution in [2.45, 2.75) is 19.4 Å². The van der Waals surface area contributed by atoms with Crippen LogP contribution in [-0.2, 0) is 4.74 Å². The Morgan fingerprint density at radius 3 is 2.90 bits per heavy atom. The van der Waals surface area contributed by atoms with Crippen molar-refractivity contribution >= 4 is 23.2 Å². The maximum atomic E-state index is 12.6. The minimum absolute atomic E-state index is 0.0509. The van der Waals surface area contributed by atoms with E-state index in [-0.39, 0.29) is 10.7 Å². The Hall–Kier alpha value is -1.73. The van der Waals surface area contributed by atoms with Crippen molar-refractivity contribution in [1.82, 2.24) is 9.88 Å². The van der Waals surface area contributed by atoms with Crippen LogP contribution in [0.1, 0.15) is 24.2 Å². The van der Waals surface area contributed by atoms with E-state index in [1.54, 1.807) is 4.90 Å². The molecule has 1 saturated heterocycles. The van der Waals surface area contributed by atoms with Gasteiger partial charge in [0.2, 0.25) is 5.15 Å². The monoisotopic (exact) mass is 299 g/mol. The topological polar surface area (TPSA) is 85.6 Å². The van der Waals surface area contributed by atoms with Gasteiger partial charge in [0.15, 0.2) is 0 Å². The van der Waals surface area contributed by atoms with Gasteiger partial charge in [-0.15, -0.1) is 0 Å². The zero-order valence-electron chi connectivity index (χ0n) is 11.1. The first-order valence-electron chi connectivity index (χ1n) is 6.03. The average molecular weight is 300 g/mol. The summed E-state index contributed by atoms with van der Waals surface area (Å²) < 4.78 is 5.34. The zero-order valence-corrected chi connectivity index (χ0v) is 11.9. The minimum Gasteiger partial charge on any atom is -0.377 e. The van der Waals surface area contributed by atoms with Crippen LogP contribution < -0.4 is 0 Å². The van der Waals surface area contributed by atoms with E-state index in [9.17, 15) is 14.9 Å². The number of amides is 1. The van der Waals surface area contributed by atoms with E-state index in [2.05, 4.69) is 4.98 Å². The smallest absolute Gasteiger partial charge is 0.319 e. The van der Waals surface area contributed by atoms with Gasteiger partial charge in [0.25, 0.3) is 5.91 Å². The molecule has 1 aliphatic rings. The summed E-state index contributed by atoms with van der Waals surface area (Å²) in [6, 6.07) is 1.32. The minimum atomic E-state index is -0.685. The lowest BCUT2D eigenvalue weighted by molar-refractivity contribution is -0.385. The summed E-state index contributed by atoms with van der Waals surface area (Å²) in [6.45, 7) is 4.85. The fraction of sp³-hybridized carbons (Fsp3) is 0.500. The standard InChI is InChI=1S/C12H14ClN3O4/c1-12(2)7-20-6-5-15(12)11(17)8-3-4-14-10(13)9(8)16(18)19/h3-4H,5-7H2,1-2H3. The molecule has 8 heteroatoms. The molecule has 0 aliphatic carbocycles. The summed E-state index contributed by atoms with van der Waals surface area (Å²) in [6.07, 6.45) is 1.29. The summed E-state index contributed by atoms with van der Waals surface area (Å²) in [5, 5.41) is 10.8. The number of aromatic nitrogens is 1. The summed E-state index contributed by atoms with van der Waals surface area (Å²) in [4.78, 5) is 28.2. The first kappa shape index (κ1) is 14.7. The molecule has 1 aliphatic heterocycles. The fourth-order valence-corrected chi connectivity index (χ4v) is 2.38. The highest BCUT2D eigenvalue weighted by Gasteiger charge is 2.37. The number of carbonyl (C=O) groups excluding carboxylic acids is 1. The fourth-order valence-electron chi connectivity index (χ4n) is 2.15. The highest BCUT2D eigenvalue weighted by atomic mass is 35.5. The van der Waals surface area contributed by atoms with Crippen LogP contribution in [0.25, 0.3) is 0 Å². The number of morpholine rings is 1. The number of rotatable bonds is 2. The third-order valence-electron chi connectivity index (χ3n) is 3.18. The molecule has 1 aromatic rings. The molecule has 20 heavy (non-hydrogen) atoms. The summed E-state index contributed by atoms with van der Waals surface area (Å²) in [7, 11) is 0. The van der Waals surface area contributed by atoms with Crippen LogP contribution in [0.5, 0.6) is 0 Å². The predicted octanol–water partition coefficient (Wildman–Crippen LogP) is 1.89. The Morgan fingerprint density at radius 1 is 1.60 bits per heavy atom. The lowest BCUT2D eigenvalue weighted by atomic mass is 10.0. The van der Waals surface area contributed by atoms with Gasteiger partial charge in [-0.25, -0.2) is 4.98 Å². The van der Waals surface area contributed by atoms with Gasteiger partial charge in [-0.2, -0.15) is 0 Å². The largest absolute Gasteiger partial charge is 0.377 e. The predicted molar refractivity (Wildman–Crippen MR) is 71.8 cm³/mol. The van der Waals surface area contributed by atoms with Crippen LogP contribution >= 0.6 is 11.6 Å². The summed E-state index contributed by atoms with van der Waals surface area (Å²) in [5.41, 5.74) is -1.04. The quantitative estimate of drug-likeness (QED) is 0.473. The molecule has 0 atom stereocenters. The van der Waals surface area contributed by atoms with Crippen molar-refractivity contribution in [2.24, 2.45) is 0 Å². The van der Waals surface area contributed by atoms with Gasteiger partial charge in [-0.1, -0.05) is 11.6 Å². The molecule has 0 radical (unpaired) electrons. The number of nitro groups is 1. The molecule has 1 fully saturated rings. The first-order chi connectivity index (χ1) is 9.34. The second-order valence-electron chi connectivity index (χ2n) is 5.08. The number of ether oxygens (including phenoxy) is 1. The number of hydrogen-bond donors (Lipinski definition) is 0. The molecule has 108 valence electrons. The molecule has 2 rings (SSSR count). The molecule has 0 saturated carbocycles. The van der Waals surface area contributed by atoms with Crippen LogP contribution in [0.4, 0.5) is 5.69 Å². The second-order valence-corrected chi connectivity index (χ2v) is 5.43. The maximum absolute atomic E-state index is 12.6. The number of carbonyl (C=O) groups is 1. The van der Waals surface area contributed by atoms with E-state index >= 15 is 0 Å². The third kappa shape index (κ3) is 2.59. The Bertz CT molecular complexity index is 562. The van der Waals surface area contributed by atoms with Crippen LogP contribution in [-0.4, -0.2) is 46.0 Å². The number of nitrogens with zero attached hydrogens (tertiary/aromatic N) is 3. The van der Waals surface area contributed by atoms with Gasteiger partial charge in [0.05, 0.1) is 23.7 Å². The van der Waals surface area contributed by atoms with E-state index in [1.165, 1.54) is 12.3 Å². The summed E-state index contributed by atoms with van der Waals surface area (Å²) in [5.74, 6) is -0.436. The van der Waals surface area contributed by atoms with Crippen LogP contribution in [0.2, 0.25) is 5.15 Å². The van der Waals surface area contributed by atoms with Crippen LogP contribution in [0.3, 0.4) is 0 Å². The molecule has 7 nitrogen and oxygen atoms in total. The Labute approximate surface area is 120 Å². The summed E-state index contributed by atoms with van der Waals surface area (Å²) >= 11 is 5.73. The third-order valence-corrected chi connectivity index (χ3v) is 3.46. The van der Waals surface area contributed by atoms with Gasteiger partial charge in [0, 0.05) is 12.7 Å². The van der Waals surface area contributed by atoms with Crippen LogP contribution in [0, 0.1) is 10.1 Å². The average Bonchev–Trinajstić information content (AvgIpc) is 2.36. The lowest BCUT2D eigenvalue weighted by Crippen LogP contribution is -2.55. The van der Waals surface area contributed by atoms with Gasteiger partial charge in [-0.05, 0) is 19.9 Å². The van der Waals surface area contributed by atoms with Crippen molar-refractivity contribution in [1.29, 1.82) is 0 Å². The molecule has 0 bridgehead atoms. The highest BCUT2D eigenvalue weighted by molar-refractivity contribution is 6.32. The van der Waals surface area contributed by atoms with Gasteiger partial charge in [0.1, 0.15) is 5.56 Å². The number of pyridine rings is 1. The molecule has 2 heterocycles. The maximum Gasteiger partial charge on any atom is 0.319 e. The Morgan fingerprint density at radius 2 is 2.30 bits per heavy atom. The SMILES string of the molecule is CC1(C)COCCN1C(=O)c1ccnc(Cl)c1[N+](=O)[O-]. The van der Waals surface area contributed by atoms with E-state index < -0.39 is 22.1 Å². The number of halogens is 1. The van der Waals surface area contributed by atoms with Crippen molar-refractivity contribution in [2.75, 3.05) is 19.8 Å². The Balaban J connectivity index is 2.44. The molecule has 1 aromatic heterocycles. The number of hydrogen-bond acceptors (Lipinski definition) is 5. The Kier molecular flexibility index (Phi) is 3.92. The first-order valence-corrected chi connectivity index (χ1v) is 6.41. The molecule has 0 N–H and O–H groups in total. The van der Waals surface area contributed by atoms with E-state index in [0.717, 1.165) is 0 Å².